The maximum Gasteiger partial charge on any atom is 0.265 e. The van der Waals surface area contributed by atoms with E-state index in [4.69, 9.17) is 33.2 Å². The number of anilines is 2. The minimum Gasteiger partial charge on any atom is -0.493 e. The van der Waals surface area contributed by atoms with Crippen LogP contribution < -0.4 is 14.2 Å². The number of aromatic nitrogens is 4. The van der Waals surface area contributed by atoms with Crippen LogP contribution in [0.1, 0.15) is 5.56 Å². The minimum atomic E-state index is -4.00. The molecule has 4 heterocycles. The maximum atomic E-state index is 13.8. The summed E-state index contributed by atoms with van der Waals surface area (Å²) in [5.41, 5.74) is 1.09. The second-order valence-electron chi connectivity index (χ2n) is 9.25. The molecular weight excluding hydrogens is 748 g/mol. The molecule has 0 atom stereocenters. The second kappa shape index (κ2) is 13.1. The average Bonchev–Trinajstić information content (AvgIpc) is 3.64. The van der Waals surface area contributed by atoms with Crippen molar-refractivity contribution in [2.75, 3.05) is 16.6 Å². The molecule has 0 spiro atoms. The first-order chi connectivity index (χ1) is 21.8. The number of hydrogen-bond donors (Lipinski definition) is 4. The number of nitriles is 1. The van der Waals surface area contributed by atoms with E-state index in [0.29, 0.717) is 37.7 Å². The maximum absolute atomic E-state index is 13.8. The number of pyridine rings is 2. The summed E-state index contributed by atoms with van der Waals surface area (Å²) in [6.07, 6.45) is 4.11. The quantitative estimate of drug-likeness (QED) is 0.128. The molecule has 0 fully saturated rings. The van der Waals surface area contributed by atoms with Crippen molar-refractivity contribution in [1.82, 2.24) is 19.9 Å². The molecule has 0 saturated heterocycles. The molecule has 0 radical (unpaired) electrons. The van der Waals surface area contributed by atoms with Gasteiger partial charge in [-0.2, -0.15) is 5.26 Å². The predicted molar refractivity (Wildman–Crippen MR) is 176 cm³/mol. The SMILES string of the molecule is COc1cc(Br)cnc1NS(=O)(=O)c1c[nH]c2nc(Cl)ccc12.N#Cc1ccc2c(S(=O)(=O)Nc3ccc(Cl)cc3F)c[nH]c2c1. The Hall–Kier alpha value is -4.40. The smallest absolute Gasteiger partial charge is 0.265 e. The number of H-pyrrole nitrogens is 2. The molecule has 0 aliphatic rings. The number of methoxy groups -OCH3 is 1. The number of sulfonamides is 2. The Labute approximate surface area is 279 Å². The van der Waals surface area contributed by atoms with Crippen LogP contribution >= 0.6 is 39.1 Å². The number of benzene rings is 2. The number of ether oxygens (including phenoxy) is 1. The molecule has 0 bridgehead atoms. The summed E-state index contributed by atoms with van der Waals surface area (Å²) in [4.78, 5) is 13.6. The van der Waals surface area contributed by atoms with Crippen LogP contribution in [0.5, 0.6) is 5.75 Å². The lowest BCUT2D eigenvalue weighted by Gasteiger charge is -2.10. The van der Waals surface area contributed by atoms with E-state index in [2.05, 4.69) is 45.3 Å². The van der Waals surface area contributed by atoms with Crippen LogP contribution in [0.3, 0.4) is 0 Å². The van der Waals surface area contributed by atoms with Gasteiger partial charge in [0.05, 0.1) is 24.4 Å². The lowest BCUT2D eigenvalue weighted by Crippen LogP contribution is -2.14. The summed E-state index contributed by atoms with van der Waals surface area (Å²) in [6, 6.07) is 14.9. The van der Waals surface area contributed by atoms with Gasteiger partial charge in [0.25, 0.3) is 20.0 Å². The van der Waals surface area contributed by atoms with E-state index in [1.54, 1.807) is 12.1 Å². The van der Waals surface area contributed by atoms with Crippen molar-refractivity contribution >= 4 is 92.6 Å². The summed E-state index contributed by atoms with van der Waals surface area (Å²) in [7, 11) is -6.45. The lowest BCUT2D eigenvalue weighted by molar-refractivity contribution is 0.415. The lowest BCUT2D eigenvalue weighted by atomic mass is 10.2. The third kappa shape index (κ3) is 7.03. The third-order valence-corrected chi connectivity index (χ3v) is 9.93. The van der Waals surface area contributed by atoms with Crippen LogP contribution in [0.4, 0.5) is 15.9 Å². The first-order valence-corrected chi connectivity index (χ1v) is 17.2. The van der Waals surface area contributed by atoms with Crippen molar-refractivity contribution < 1.29 is 26.0 Å². The molecule has 2 aromatic carbocycles. The van der Waals surface area contributed by atoms with Crippen molar-refractivity contribution in [3.8, 4) is 11.8 Å². The largest absolute Gasteiger partial charge is 0.493 e. The van der Waals surface area contributed by atoms with E-state index < -0.39 is 25.9 Å². The Balaban J connectivity index is 0.000000181. The normalized spacial score (nSPS) is 11.5. The first-order valence-electron chi connectivity index (χ1n) is 12.7. The number of halogens is 4. The Morgan fingerprint density at radius 3 is 2.35 bits per heavy atom. The topological polar surface area (TPSA) is 183 Å². The highest BCUT2D eigenvalue weighted by Crippen LogP contribution is 2.30. The Bertz CT molecular complexity index is 2380. The van der Waals surface area contributed by atoms with Gasteiger partial charge in [0, 0.05) is 44.4 Å². The standard InChI is InChI=1S/C15H9ClFN3O2S.C13H10BrClN4O3S/c16-10-2-4-13(12(17)6-10)20-23(21,22)15-8-19-14-5-9(7-18)1-3-11(14)15;1-22-9-4-7(14)5-16-13(9)19-23(20,21)10-6-17-12-8(10)2-3-11(15)18-12/h1-6,8,19-20H;2-6H,1H3,(H,16,19)(H,17,18). The van der Waals surface area contributed by atoms with Crippen LogP contribution in [0.25, 0.3) is 21.9 Å². The summed E-state index contributed by atoms with van der Waals surface area (Å²) in [5.74, 6) is -0.386. The number of nitrogens with zero attached hydrogens (tertiary/aromatic N) is 3. The molecule has 0 saturated carbocycles. The van der Waals surface area contributed by atoms with Gasteiger partial charge < -0.3 is 14.7 Å². The van der Waals surface area contributed by atoms with Crippen molar-refractivity contribution in [3.05, 3.63) is 99.2 Å². The zero-order chi connectivity index (χ0) is 33.2. The Morgan fingerprint density at radius 2 is 1.63 bits per heavy atom. The fourth-order valence-corrected chi connectivity index (χ4v) is 7.23. The Morgan fingerprint density at radius 1 is 0.935 bits per heavy atom. The highest BCUT2D eigenvalue weighted by molar-refractivity contribution is 9.10. The Kier molecular flexibility index (Phi) is 9.42. The van der Waals surface area contributed by atoms with E-state index in [0.717, 1.165) is 6.07 Å². The van der Waals surface area contributed by atoms with E-state index in [9.17, 15) is 21.2 Å². The van der Waals surface area contributed by atoms with Crippen molar-refractivity contribution in [3.63, 3.8) is 0 Å². The zero-order valence-electron chi connectivity index (χ0n) is 23.1. The highest BCUT2D eigenvalue weighted by Gasteiger charge is 2.23. The van der Waals surface area contributed by atoms with Gasteiger partial charge in [0.2, 0.25) is 0 Å². The molecule has 236 valence electrons. The van der Waals surface area contributed by atoms with E-state index in [1.165, 1.54) is 62.1 Å². The van der Waals surface area contributed by atoms with Crippen LogP contribution in [0.2, 0.25) is 10.2 Å². The van der Waals surface area contributed by atoms with Crippen LogP contribution in [0, 0.1) is 17.1 Å². The van der Waals surface area contributed by atoms with Gasteiger partial charge >= 0.3 is 0 Å². The number of fused-ring (bicyclic) bond motifs is 2. The third-order valence-electron chi connectivity index (χ3n) is 6.26. The summed E-state index contributed by atoms with van der Waals surface area (Å²) in [5, 5.41) is 10.1. The van der Waals surface area contributed by atoms with Crippen molar-refractivity contribution in [2.45, 2.75) is 9.79 Å². The number of nitrogens with one attached hydrogen (secondary N) is 4. The van der Waals surface area contributed by atoms with Gasteiger partial charge in [-0.25, -0.2) is 31.2 Å². The van der Waals surface area contributed by atoms with Gasteiger partial charge in [-0.15, -0.1) is 0 Å². The number of rotatable bonds is 7. The van der Waals surface area contributed by atoms with Crippen LogP contribution in [-0.2, 0) is 20.0 Å². The van der Waals surface area contributed by atoms with E-state index in [-0.39, 0.29) is 31.5 Å². The molecule has 12 nitrogen and oxygen atoms in total. The molecule has 0 aliphatic carbocycles. The molecule has 0 aliphatic heterocycles. The van der Waals surface area contributed by atoms with Gasteiger partial charge in [-0.1, -0.05) is 29.3 Å². The van der Waals surface area contributed by atoms with Gasteiger partial charge in [0.1, 0.15) is 26.4 Å². The predicted octanol–water partition coefficient (Wildman–Crippen LogP) is 6.82. The molecule has 6 aromatic rings. The van der Waals surface area contributed by atoms with Crippen LogP contribution in [0.15, 0.2) is 87.5 Å². The molecule has 46 heavy (non-hydrogen) atoms. The zero-order valence-corrected chi connectivity index (χ0v) is 27.9. The minimum absolute atomic E-state index is 0.0358. The number of aromatic amines is 2. The summed E-state index contributed by atoms with van der Waals surface area (Å²) < 4.78 is 74.4. The van der Waals surface area contributed by atoms with Crippen molar-refractivity contribution in [1.29, 1.82) is 5.26 Å². The molecule has 0 amide bonds. The van der Waals surface area contributed by atoms with Gasteiger partial charge in [0.15, 0.2) is 11.6 Å². The number of hydrogen-bond acceptors (Lipinski definition) is 8. The molecule has 18 heteroatoms. The fourth-order valence-electron chi connectivity index (χ4n) is 4.18. The summed E-state index contributed by atoms with van der Waals surface area (Å²) in [6.45, 7) is 0. The van der Waals surface area contributed by atoms with Gasteiger partial charge in [-0.05, 0) is 64.5 Å². The fraction of sp³-hybridized carbons (Fsp3) is 0.0357. The van der Waals surface area contributed by atoms with E-state index >= 15 is 0 Å². The monoisotopic (exact) mass is 765 g/mol. The molecule has 6 rings (SSSR count). The first kappa shape index (κ1) is 33.0. The van der Waals surface area contributed by atoms with E-state index in [1.807, 2.05) is 6.07 Å². The molecule has 4 N–H and O–H groups in total. The van der Waals surface area contributed by atoms with Crippen LogP contribution in [-0.4, -0.2) is 43.9 Å². The molecule has 0 unspecified atom stereocenters. The average molecular weight is 767 g/mol. The van der Waals surface area contributed by atoms with Gasteiger partial charge in [-0.3, -0.25) is 9.44 Å². The van der Waals surface area contributed by atoms with Crippen molar-refractivity contribution in [2.24, 2.45) is 0 Å². The second-order valence-corrected chi connectivity index (χ2v) is 14.3. The molecule has 4 aromatic heterocycles. The molecular formula is C28H19BrCl2FN7O5S2. The highest BCUT2D eigenvalue weighted by atomic mass is 79.9. The summed E-state index contributed by atoms with van der Waals surface area (Å²) >= 11 is 14.7.